The van der Waals surface area contributed by atoms with Gasteiger partial charge in [-0.2, -0.15) is 0 Å². The van der Waals surface area contributed by atoms with Crippen LogP contribution < -0.4 is 5.32 Å². The lowest BCUT2D eigenvalue weighted by atomic mass is 10.2. The van der Waals surface area contributed by atoms with Crippen molar-refractivity contribution in [3.05, 3.63) is 12.7 Å². The molecule has 0 rings (SSSR count). The number of ether oxygens (including phenoxy) is 3. The molecule has 0 spiro atoms. The maximum atomic E-state index is 11.4. The molecule has 0 bridgehead atoms. The molecule has 0 saturated heterocycles. The molecule has 0 atom stereocenters. The van der Waals surface area contributed by atoms with Crippen molar-refractivity contribution in [3.8, 4) is 0 Å². The van der Waals surface area contributed by atoms with E-state index in [1.54, 1.807) is 27.8 Å². The van der Waals surface area contributed by atoms with Gasteiger partial charge in [0.15, 0.2) is 0 Å². The predicted molar refractivity (Wildman–Crippen MR) is 79.2 cm³/mol. The van der Waals surface area contributed by atoms with Gasteiger partial charge < -0.3 is 24.4 Å². The Kier molecular flexibility index (Phi) is 9.20. The van der Waals surface area contributed by atoms with Crippen LogP contribution in [0.5, 0.6) is 0 Å². The fraction of sp³-hybridized carbons (Fsp3) is 0.714. The average Bonchev–Trinajstić information content (AvgIpc) is 2.37. The van der Waals surface area contributed by atoms with Gasteiger partial charge in [0.25, 0.3) is 0 Å². The van der Waals surface area contributed by atoms with Gasteiger partial charge in [-0.1, -0.05) is 12.7 Å². The van der Waals surface area contributed by atoms with E-state index in [1.807, 2.05) is 0 Å². The van der Waals surface area contributed by atoms with Gasteiger partial charge in [-0.3, -0.25) is 0 Å². The van der Waals surface area contributed by atoms with Crippen molar-refractivity contribution in [3.63, 3.8) is 0 Å². The summed E-state index contributed by atoms with van der Waals surface area (Å²) >= 11 is 0. The van der Waals surface area contributed by atoms with Gasteiger partial charge in [0.2, 0.25) is 0 Å². The molecule has 1 N–H and O–H groups in total. The van der Waals surface area contributed by atoms with Crippen LogP contribution in [0.4, 0.5) is 9.59 Å². The van der Waals surface area contributed by atoms with Crippen molar-refractivity contribution in [1.29, 1.82) is 0 Å². The minimum atomic E-state index is -0.514. The van der Waals surface area contributed by atoms with Gasteiger partial charge in [0.1, 0.15) is 12.2 Å². The van der Waals surface area contributed by atoms with Crippen molar-refractivity contribution < 1.29 is 23.8 Å². The Morgan fingerprint density at radius 3 is 2.52 bits per heavy atom. The van der Waals surface area contributed by atoms with E-state index in [1.165, 1.54) is 11.0 Å². The number of carbonyl (C=O) groups is 2. The van der Waals surface area contributed by atoms with Crippen LogP contribution in [0.15, 0.2) is 12.7 Å². The highest BCUT2D eigenvalue weighted by molar-refractivity contribution is 5.67. The summed E-state index contributed by atoms with van der Waals surface area (Å²) < 4.78 is 15.2. The zero-order valence-electron chi connectivity index (χ0n) is 13.3. The first-order valence-electron chi connectivity index (χ1n) is 6.79. The Labute approximate surface area is 126 Å². The van der Waals surface area contributed by atoms with Crippen LogP contribution in [0.25, 0.3) is 0 Å². The molecular weight excluding hydrogens is 276 g/mol. The number of alkyl carbamates (subject to hydrolysis) is 1. The molecule has 0 aromatic carbocycles. The zero-order chi connectivity index (χ0) is 16.3. The van der Waals surface area contributed by atoms with Gasteiger partial charge in [0.05, 0.1) is 13.2 Å². The molecule has 0 unspecified atom stereocenters. The highest BCUT2D eigenvalue weighted by Crippen LogP contribution is 2.05. The normalized spacial score (nSPS) is 10.7. The molecule has 0 radical (unpaired) electrons. The number of nitrogens with zero attached hydrogens (tertiary/aromatic N) is 1. The van der Waals surface area contributed by atoms with Crippen molar-refractivity contribution in [2.75, 3.05) is 40.0 Å². The van der Waals surface area contributed by atoms with Crippen LogP contribution in [0.2, 0.25) is 0 Å². The van der Waals surface area contributed by atoms with Gasteiger partial charge in [-0.15, -0.1) is 0 Å². The molecule has 122 valence electrons. The Balaban J connectivity index is 3.57. The lowest BCUT2D eigenvalue weighted by Gasteiger charge is -2.19. The van der Waals surface area contributed by atoms with Crippen molar-refractivity contribution in [1.82, 2.24) is 10.2 Å². The highest BCUT2D eigenvalue weighted by atomic mass is 16.6. The number of likely N-dealkylation sites (N-methyl/N-ethyl adjacent to an activating group) is 1. The summed E-state index contributed by atoms with van der Waals surface area (Å²) in [7, 11) is 1.62. The third-order valence-electron chi connectivity index (χ3n) is 2.12. The van der Waals surface area contributed by atoms with Crippen molar-refractivity contribution in [2.24, 2.45) is 0 Å². The summed E-state index contributed by atoms with van der Waals surface area (Å²) in [6.07, 6.45) is 0.603. The van der Waals surface area contributed by atoms with Gasteiger partial charge >= 0.3 is 12.2 Å². The summed E-state index contributed by atoms with van der Waals surface area (Å²) in [6, 6.07) is 0. The lowest BCUT2D eigenvalue weighted by molar-refractivity contribution is 0.0492. The van der Waals surface area contributed by atoms with E-state index in [9.17, 15) is 9.59 Å². The van der Waals surface area contributed by atoms with Crippen LogP contribution in [0.3, 0.4) is 0 Å². The third-order valence-corrected chi connectivity index (χ3v) is 2.12. The molecule has 0 heterocycles. The first kappa shape index (κ1) is 19.2. The molecule has 0 saturated carbocycles. The summed E-state index contributed by atoms with van der Waals surface area (Å²) in [4.78, 5) is 24.1. The molecule has 7 nitrogen and oxygen atoms in total. The van der Waals surface area contributed by atoms with E-state index in [-0.39, 0.29) is 6.61 Å². The SMILES string of the molecule is C=CCOC(=O)N(C)CCOCCNC(=O)OC(C)(C)C. The largest absolute Gasteiger partial charge is 0.445 e. The van der Waals surface area contributed by atoms with Crippen LogP contribution in [0.1, 0.15) is 20.8 Å². The van der Waals surface area contributed by atoms with E-state index < -0.39 is 17.8 Å². The molecule has 0 aromatic heterocycles. The molecular formula is C14H26N2O5. The smallest absolute Gasteiger partial charge is 0.409 e. The van der Waals surface area contributed by atoms with Crippen molar-refractivity contribution >= 4 is 12.2 Å². The molecule has 21 heavy (non-hydrogen) atoms. The van der Waals surface area contributed by atoms with Crippen molar-refractivity contribution in [2.45, 2.75) is 26.4 Å². The Morgan fingerprint density at radius 1 is 1.29 bits per heavy atom. The minimum Gasteiger partial charge on any atom is -0.445 e. The van der Waals surface area contributed by atoms with E-state index in [0.29, 0.717) is 26.3 Å². The first-order chi connectivity index (χ1) is 9.76. The maximum Gasteiger partial charge on any atom is 0.409 e. The van der Waals surface area contributed by atoms with Crippen LogP contribution >= 0.6 is 0 Å². The molecule has 7 heteroatoms. The number of hydrogen-bond donors (Lipinski definition) is 1. The molecule has 0 aliphatic heterocycles. The molecule has 0 aliphatic rings. The second-order valence-electron chi connectivity index (χ2n) is 5.33. The molecule has 2 amide bonds. The fourth-order valence-corrected chi connectivity index (χ4v) is 1.17. The molecule has 0 aliphatic carbocycles. The van der Waals surface area contributed by atoms with Crippen LogP contribution in [-0.4, -0.2) is 62.6 Å². The summed E-state index contributed by atoms with van der Waals surface area (Å²) in [6.45, 7) is 10.5. The second kappa shape index (κ2) is 10.0. The number of rotatable bonds is 8. The average molecular weight is 302 g/mol. The Hall–Kier alpha value is -1.76. The topological polar surface area (TPSA) is 77.1 Å². The standard InChI is InChI=1S/C14H26N2O5/c1-6-9-20-13(18)16(5)8-11-19-10-7-15-12(17)21-14(2,3)4/h6H,1,7-11H2,2-5H3,(H,15,17). The van der Waals surface area contributed by atoms with E-state index in [0.717, 1.165) is 0 Å². The molecule has 0 aromatic rings. The van der Waals surface area contributed by atoms with Gasteiger partial charge in [-0.05, 0) is 20.8 Å². The fourth-order valence-electron chi connectivity index (χ4n) is 1.17. The predicted octanol–water partition coefficient (Wildman–Crippen LogP) is 1.78. The molecule has 0 fully saturated rings. The number of carbonyl (C=O) groups excluding carboxylic acids is 2. The van der Waals surface area contributed by atoms with Gasteiger partial charge in [0, 0.05) is 20.1 Å². The van der Waals surface area contributed by atoms with Gasteiger partial charge in [-0.25, -0.2) is 9.59 Å². The summed E-state index contributed by atoms with van der Waals surface area (Å²) in [5, 5.41) is 2.58. The number of amides is 2. The highest BCUT2D eigenvalue weighted by Gasteiger charge is 2.15. The zero-order valence-corrected chi connectivity index (χ0v) is 13.3. The number of nitrogens with one attached hydrogen (secondary N) is 1. The Bertz CT molecular complexity index is 339. The van der Waals surface area contributed by atoms with Crippen LogP contribution in [0, 0.1) is 0 Å². The van der Waals surface area contributed by atoms with Crippen LogP contribution in [-0.2, 0) is 14.2 Å². The first-order valence-corrected chi connectivity index (χ1v) is 6.79. The third kappa shape index (κ3) is 11.7. The van der Waals surface area contributed by atoms with E-state index in [4.69, 9.17) is 14.2 Å². The van der Waals surface area contributed by atoms with E-state index in [2.05, 4.69) is 11.9 Å². The monoisotopic (exact) mass is 302 g/mol. The summed E-state index contributed by atoms with van der Waals surface area (Å²) in [5.41, 5.74) is -0.514. The van der Waals surface area contributed by atoms with E-state index >= 15 is 0 Å². The Morgan fingerprint density at radius 2 is 1.95 bits per heavy atom. The second-order valence-corrected chi connectivity index (χ2v) is 5.33. The maximum absolute atomic E-state index is 11.4. The quantitative estimate of drug-likeness (QED) is 0.546. The summed E-state index contributed by atoms with van der Waals surface area (Å²) in [5.74, 6) is 0. The number of hydrogen-bond acceptors (Lipinski definition) is 5. The minimum absolute atomic E-state index is 0.184. The lowest BCUT2D eigenvalue weighted by Crippen LogP contribution is -2.35.